The number of methoxy groups -OCH3 is 3. The van der Waals surface area contributed by atoms with E-state index in [1.54, 1.807) is 35.2 Å². The Morgan fingerprint density at radius 2 is 1.65 bits per heavy atom. The summed E-state index contributed by atoms with van der Waals surface area (Å²) in [5.41, 5.74) is 2.15. The van der Waals surface area contributed by atoms with Crippen LogP contribution in [0.4, 0.5) is 11.4 Å². The fraction of sp³-hybridized carbons (Fsp3) is 0.160. The molecule has 1 amide bonds. The average Bonchev–Trinajstić information content (AvgIpc) is 3.19. The molecule has 1 atom stereocenters. The maximum Gasteiger partial charge on any atom is 0.266 e. The highest BCUT2D eigenvalue weighted by atomic mass is 32.2. The first kappa shape index (κ1) is 23.5. The third-order valence-electron chi connectivity index (χ3n) is 5.30. The van der Waals surface area contributed by atoms with Crippen molar-refractivity contribution in [2.45, 2.75) is 5.37 Å². The molecule has 0 spiro atoms. The minimum atomic E-state index is -0.365. The third-order valence-corrected chi connectivity index (χ3v) is 6.55. The maximum atomic E-state index is 13.6. The van der Waals surface area contributed by atoms with E-state index in [9.17, 15) is 15.2 Å². The Bertz CT molecular complexity index is 1190. The Morgan fingerprint density at radius 1 is 0.971 bits per heavy atom. The Morgan fingerprint density at radius 3 is 2.24 bits per heavy atom. The SMILES string of the molecule is COc1cc(/C=C2/SC(c3ccccc3)N(c3cccc(N([O-])O)c3)C2=O)cc(OC)c1OC. The number of hydrogen-bond acceptors (Lipinski definition) is 8. The normalized spacial score (nSPS) is 16.6. The standard InChI is InChI=1S/C25H23N2O6S/c1-31-20-12-16(13-21(32-2)23(20)33-3)14-22-24(28)26(18-10-7-11-19(15-18)27(29)30)25(34-22)17-8-5-4-6-9-17/h4-15,25,29H,1-3H3/q-1/b22-14+. The van der Waals surface area contributed by atoms with Gasteiger partial charge in [0.2, 0.25) is 5.75 Å². The van der Waals surface area contributed by atoms with Crippen molar-refractivity contribution >= 4 is 35.1 Å². The molecule has 0 saturated carbocycles. The lowest BCUT2D eigenvalue weighted by molar-refractivity contribution is -0.114. The van der Waals surface area contributed by atoms with E-state index >= 15 is 0 Å². The quantitative estimate of drug-likeness (QED) is 0.364. The van der Waals surface area contributed by atoms with Crippen LogP contribution in [0.3, 0.4) is 0 Å². The van der Waals surface area contributed by atoms with Gasteiger partial charge in [0, 0.05) is 5.69 Å². The van der Waals surface area contributed by atoms with E-state index in [2.05, 4.69) is 0 Å². The van der Waals surface area contributed by atoms with Gasteiger partial charge in [-0.1, -0.05) is 48.2 Å². The Labute approximate surface area is 201 Å². The van der Waals surface area contributed by atoms with Crippen LogP contribution in [0.1, 0.15) is 16.5 Å². The molecule has 8 nitrogen and oxygen atoms in total. The molecule has 0 aromatic heterocycles. The first-order chi connectivity index (χ1) is 16.5. The largest absolute Gasteiger partial charge is 0.733 e. The van der Waals surface area contributed by atoms with Crippen LogP contribution in [0.5, 0.6) is 17.2 Å². The number of amides is 1. The number of nitrogens with zero attached hydrogens (tertiary/aromatic N) is 2. The summed E-state index contributed by atoms with van der Waals surface area (Å²) >= 11 is 1.39. The van der Waals surface area contributed by atoms with Crippen LogP contribution in [-0.2, 0) is 4.79 Å². The first-order valence-electron chi connectivity index (χ1n) is 10.3. The zero-order valence-corrected chi connectivity index (χ0v) is 19.6. The monoisotopic (exact) mass is 479 g/mol. The summed E-state index contributed by atoms with van der Waals surface area (Å²) in [5, 5.41) is 20.2. The number of benzene rings is 3. The molecule has 1 N–H and O–H groups in total. The van der Waals surface area contributed by atoms with E-state index in [0.717, 1.165) is 5.56 Å². The third kappa shape index (κ3) is 4.54. The minimum absolute atomic E-state index is 0.0316. The molecule has 34 heavy (non-hydrogen) atoms. The number of carbonyl (C=O) groups is 1. The van der Waals surface area contributed by atoms with Crippen molar-refractivity contribution in [1.29, 1.82) is 0 Å². The van der Waals surface area contributed by atoms with Crippen LogP contribution in [-0.4, -0.2) is 32.4 Å². The second kappa shape index (κ2) is 10.1. The summed E-state index contributed by atoms with van der Waals surface area (Å²) in [6.45, 7) is 0. The topological polar surface area (TPSA) is 94.5 Å². The molecule has 4 rings (SSSR count). The van der Waals surface area contributed by atoms with Crippen molar-refractivity contribution in [2.24, 2.45) is 0 Å². The summed E-state index contributed by atoms with van der Waals surface area (Å²) in [7, 11) is 4.59. The Kier molecular flexibility index (Phi) is 6.97. The van der Waals surface area contributed by atoms with Gasteiger partial charge in [-0.25, -0.2) is 0 Å². The lowest BCUT2D eigenvalue weighted by Crippen LogP contribution is -2.27. The molecule has 3 aromatic carbocycles. The van der Waals surface area contributed by atoms with Crippen molar-refractivity contribution in [2.75, 3.05) is 31.5 Å². The number of anilines is 2. The minimum Gasteiger partial charge on any atom is -0.733 e. The van der Waals surface area contributed by atoms with Gasteiger partial charge >= 0.3 is 0 Å². The second-order valence-corrected chi connectivity index (χ2v) is 8.44. The van der Waals surface area contributed by atoms with Gasteiger partial charge in [0.1, 0.15) is 5.37 Å². The number of thioether (sulfide) groups is 1. The van der Waals surface area contributed by atoms with E-state index in [4.69, 9.17) is 14.2 Å². The summed E-state index contributed by atoms with van der Waals surface area (Å²) < 4.78 is 16.2. The van der Waals surface area contributed by atoms with E-state index in [0.29, 0.717) is 33.4 Å². The van der Waals surface area contributed by atoms with Crippen LogP contribution >= 0.6 is 11.8 Å². The predicted molar refractivity (Wildman–Crippen MR) is 132 cm³/mol. The lowest BCUT2D eigenvalue weighted by Gasteiger charge is -2.27. The molecule has 3 aromatic rings. The Hall–Kier alpha value is -3.66. The first-order valence-corrected chi connectivity index (χ1v) is 11.2. The molecule has 0 bridgehead atoms. The van der Waals surface area contributed by atoms with Gasteiger partial charge in [-0.05, 0) is 47.5 Å². The van der Waals surface area contributed by atoms with Gasteiger partial charge in [-0.15, -0.1) is 0 Å². The summed E-state index contributed by atoms with van der Waals surface area (Å²) in [6.07, 6.45) is 1.77. The average molecular weight is 480 g/mol. The molecule has 9 heteroatoms. The van der Waals surface area contributed by atoms with Gasteiger partial charge < -0.3 is 24.6 Å². The molecule has 0 radical (unpaired) electrons. The zero-order valence-electron chi connectivity index (χ0n) is 18.8. The Balaban J connectivity index is 1.80. The van der Waals surface area contributed by atoms with Crippen molar-refractivity contribution in [1.82, 2.24) is 0 Å². The van der Waals surface area contributed by atoms with Crippen LogP contribution in [0.2, 0.25) is 0 Å². The van der Waals surface area contributed by atoms with Crippen molar-refractivity contribution in [3.05, 3.63) is 88.0 Å². The number of rotatable bonds is 7. The summed E-state index contributed by atoms with van der Waals surface area (Å²) in [5.74, 6) is 1.18. The van der Waals surface area contributed by atoms with E-state index in [1.807, 2.05) is 30.3 Å². The smallest absolute Gasteiger partial charge is 0.266 e. The van der Waals surface area contributed by atoms with Crippen LogP contribution in [0.15, 0.2) is 71.6 Å². The molecule has 0 aliphatic carbocycles. The fourth-order valence-corrected chi connectivity index (χ4v) is 4.99. The number of hydrogen-bond donors (Lipinski definition) is 1. The molecule has 1 fully saturated rings. The van der Waals surface area contributed by atoms with Gasteiger partial charge in [0.25, 0.3) is 5.91 Å². The van der Waals surface area contributed by atoms with E-state index in [1.165, 1.54) is 45.2 Å². The molecule has 1 saturated heterocycles. The van der Waals surface area contributed by atoms with Crippen molar-refractivity contribution in [3.63, 3.8) is 0 Å². The molecule has 1 aliphatic rings. The molecule has 176 valence electrons. The zero-order chi connectivity index (χ0) is 24.2. The van der Waals surface area contributed by atoms with Crippen LogP contribution < -0.4 is 24.3 Å². The maximum absolute atomic E-state index is 13.6. The number of carbonyl (C=O) groups excluding carboxylic acids is 1. The van der Waals surface area contributed by atoms with Crippen molar-refractivity contribution in [3.8, 4) is 17.2 Å². The fourth-order valence-electron chi connectivity index (χ4n) is 3.73. The second-order valence-electron chi connectivity index (χ2n) is 7.32. The summed E-state index contributed by atoms with van der Waals surface area (Å²) in [4.78, 5) is 15.7. The van der Waals surface area contributed by atoms with E-state index in [-0.39, 0.29) is 22.2 Å². The van der Waals surface area contributed by atoms with Gasteiger partial charge in [-0.2, -0.15) is 0 Å². The van der Waals surface area contributed by atoms with Crippen LogP contribution in [0.25, 0.3) is 6.08 Å². The molecule has 1 unspecified atom stereocenters. The number of ether oxygens (including phenoxy) is 3. The highest BCUT2D eigenvalue weighted by molar-refractivity contribution is 8.05. The highest BCUT2D eigenvalue weighted by Crippen LogP contribution is 2.49. The lowest BCUT2D eigenvalue weighted by atomic mass is 10.1. The molecule has 1 heterocycles. The van der Waals surface area contributed by atoms with Gasteiger partial charge in [0.05, 0.1) is 31.9 Å². The molecule has 1 aliphatic heterocycles. The van der Waals surface area contributed by atoms with Crippen molar-refractivity contribution < 1.29 is 24.2 Å². The van der Waals surface area contributed by atoms with Crippen LogP contribution in [0, 0.1) is 5.21 Å². The predicted octanol–water partition coefficient (Wildman–Crippen LogP) is 5.23. The summed E-state index contributed by atoms with van der Waals surface area (Å²) in [6, 6.07) is 19.4. The van der Waals surface area contributed by atoms with Gasteiger partial charge in [-0.3, -0.25) is 14.9 Å². The molecular weight excluding hydrogens is 456 g/mol. The highest BCUT2D eigenvalue weighted by Gasteiger charge is 2.38. The van der Waals surface area contributed by atoms with E-state index < -0.39 is 0 Å². The van der Waals surface area contributed by atoms with Gasteiger partial charge in [0.15, 0.2) is 11.5 Å². The molecular formula is C25H23N2O6S-.